The van der Waals surface area contributed by atoms with Crippen LogP contribution in [0, 0.1) is 5.82 Å². The molecule has 1 aromatic carbocycles. The van der Waals surface area contributed by atoms with Crippen LogP contribution in [-0.2, 0) is 6.54 Å². The van der Waals surface area contributed by atoms with E-state index < -0.39 is 0 Å². The van der Waals surface area contributed by atoms with Crippen LogP contribution in [0.25, 0.3) is 0 Å². The first-order valence-electron chi connectivity index (χ1n) is 3.75. The van der Waals surface area contributed by atoms with Crippen LogP contribution < -0.4 is 10.1 Å². The maximum absolute atomic E-state index is 13.0. The first-order chi connectivity index (χ1) is 5.79. The van der Waals surface area contributed by atoms with E-state index in [9.17, 15) is 4.39 Å². The minimum Gasteiger partial charge on any atom is -0.493 e. The van der Waals surface area contributed by atoms with Gasteiger partial charge in [0.25, 0.3) is 0 Å². The van der Waals surface area contributed by atoms with Crippen LogP contribution in [0.15, 0.2) is 18.2 Å². The lowest BCUT2D eigenvalue weighted by Crippen LogP contribution is -2.07. The molecule has 0 heterocycles. The lowest BCUT2D eigenvalue weighted by Gasteiger charge is -2.07. The lowest BCUT2D eigenvalue weighted by atomic mass is 10.2. The molecule has 1 N–H and O–H groups in total. The fourth-order valence-electron chi connectivity index (χ4n) is 1.11. The zero-order valence-electron chi connectivity index (χ0n) is 7.63. The Hall–Kier alpha value is -0.610. The molecule has 0 atom stereocenters. The second kappa shape index (κ2) is 5.94. The fraction of sp³-hybridized carbons (Fsp3) is 0.333. The van der Waals surface area contributed by atoms with Crippen molar-refractivity contribution in [3.8, 4) is 5.75 Å². The summed E-state index contributed by atoms with van der Waals surface area (Å²) in [6.45, 7) is 0.612. The van der Waals surface area contributed by atoms with E-state index in [4.69, 9.17) is 4.74 Å². The summed E-state index contributed by atoms with van der Waals surface area (Å²) < 4.78 is 17.9. The molecule has 0 aliphatic rings. The molecule has 0 radical (unpaired) electrons. The Morgan fingerprint density at radius 3 is 2.69 bits per heavy atom. The monoisotopic (exact) mass is 249 g/mol. The summed E-state index contributed by atoms with van der Waals surface area (Å²) in [5, 5.41) is 2.94. The Morgan fingerprint density at radius 2 is 2.15 bits per heavy atom. The van der Waals surface area contributed by atoms with Crippen LogP contribution >= 0.6 is 17.0 Å². The van der Waals surface area contributed by atoms with Crippen LogP contribution in [0.5, 0.6) is 5.75 Å². The van der Waals surface area contributed by atoms with E-state index in [1.54, 1.807) is 6.07 Å². The zero-order valence-corrected chi connectivity index (χ0v) is 9.35. The van der Waals surface area contributed by atoms with Crippen molar-refractivity contribution in [2.75, 3.05) is 14.2 Å². The van der Waals surface area contributed by atoms with Gasteiger partial charge >= 0.3 is 0 Å². The second-order valence-electron chi connectivity index (χ2n) is 2.46. The van der Waals surface area contributed by atoms with Gasteiger partial charge in [0.2, 0.25) is 0 Å². The van der Waals surface area contributed by atoms with Crippen LogP contribution in [0.1, 0.15) is 5.56 Å². The van der Waals surface area contributed by atoms with E-state index in [1.165, 1.54) is 13.2 Å². The van der Waals surface area contributed by atoms with Crippen molar-refractivity contribution in [3.63, 3.8) is 0 Å². The molecule has 0 saturated heterocycles. The third-order valence-corrected chi connectivity index (χ3v) is 1.62. The number of rotatable bonds is 3. The summed E-state index contributed by atoms with van der Waals surface area (Å²) >= 11 is 0. The van der Waals surface area contributed by atoms with Gasteiger partial charge in [-0.1, -0.05) is 12.1 Å². The number of ether oxygens (including phenoxy) is 1. The largest absolute Gasteiger partial charge is 0.493 e. The van der Waals surface area contributed by atoms with Crippen LogP contribution in [0.4, 0.5) is 4.39 Å². The minimum absolute atomic E-state index is 0. The topological polar surface area (TPSA) is 21.3 Å². The van der Waals surface area contributed by atoms with Crippen molar-refractivity contribution in [1.82, 2.24) is 5.32 Å². The van der Waals surface area contributed by atoms with Crippen molar-refractivity contribution in [2.45, 2.75) is 6.54 Å². The second-order valence-corrected chi connectivity index (χ2v) is 2.46. The molecular weight excluding hydrogens is 237 g/mol. The van der Waals surface area contributed by atoms with Crippen molar-refractivity contribution < 1.29 is 9.13 Å². The molecule has 0 aromatic heterocycles. The maximum Gasteiger partial charge on any atom is 0.165 e. The molecule has 13 heavy (non-hydrogen) atoms. The average Bonchev–Trinajstić information content (AvgIpc) is 2.05. The van der Waals surface area contributed by atoms with Crippen LogP contribution in [-0.4, -0.2) is 14.2 Å². The van der Waals surface area contributed by atoms with Gasteiger partial charge in [-0.05, 0) is 13.1 Å². The smallest absolute Gasteiger partial charge is 0.165 e. The first kappa shape index (κ1) is 12.4. The molecule has 1 rings (SSSR count). The van der Waals surface area contributed by atoms with E-state index in [1.807, 2.05) is 13.1 Å². The number of methoxy groups -OCH3 is 1. The van der Waals surface area contributed by atoms with Crippen LogP contribution in [0.3, 0.4) is 0 Å². The summed E-state index contributed by atoms with van der Waals surface area (Å²) in [4.78, 5) is 0. The van der Waals surface area contributed by atoms with E-state index in [0.29, 0.717) is 12.3 Å². The number of hydrogen-bond donors (Lipinski definition) is 1. The van der Waals surface area contributed by atoms with Gasteiger partial charge in [0.15, 0.2) is 11.6 Å². The Labute approximate surface area is 87.9 Å². The van der Waals surface area contributed by atoms with Gasteiger partial charge in [0.1, 0.15) is 0 Å². The lowest BCUT2D eigenvalue weighted by molar-refractivity contribution is 0.380. The molecule has 2 nitrogen and oxygen atoms in total. The molecule has 0 aliphatic carbocycles. The fourth-order valence-corrected chi connectivity index (χ4v) is 1.11. The Morgan fingerprint density at radius 1 is 1.46 bits per heavy atom. The highest BCUT2D eigenvalue weighted by Crippen LogP contribution is 2.21. The molecule has 0 fully saturated rings. The highest BCUT2D eigenvalue weighted by molar-refractivity contribution is 8.93. The minimum atomic E-state index is -0.315. The number of nitrogens with one attached hydrogen (secondary N) is 1. The number of hydrogen-bond acceptors (Lipinski definition) is 2. The maximum atomic E-state index is 13.0. The van der Waals surface area contributed by atoms with Gasteiger partial charge in [-0.3, -0.25) is 0 Å². The Kier molecular flexibility index (Phi) is 5.66. The van der Waals surface area contributed by atoms with E-state index in [0.717, 1.165) is 5.56 Å². The number of halogens is 2. The van der Waals surface area contributed by atoms with Crippen LogP contribution in [0.2, 0.25) is 0 Å². The number of benzene rings is 1. The van der Waals surface area contributed by atoms with Gasteiger partial charge in [0, 0.05) is 12.1 Å². The van der Waals surface area contributed by atoms with Crippen molar-refractivity contribution in [3.05, 3.63) is 29.6 Å². The number of para-hydroxylation sites is 1. The Bertz CT molecular complexity index is 268. The van der Waals surface area contributed by atoms with Gasteiger partial charge < -0.3 is 10.1 Å². The molecule has 0 unspecified atom stereocenters. The summed E-state index contributed by atoms with van der Waals surface area (Å²) in [6.07, 6.45) is 0. The molecule has 0 saturated carbocycles. The van der Waals surface area contributed by atoms with Crippen molar-refractivity contribution in [1.29, 1.82) is 0 Å². The quantitative estimate of drug-likeness (QED) is 0.887. The summed E-state index contributed by atoms with van der Waals surface area (Å²) in [5.41, 5.74) is 0.833. The van der Waals surface area contributed by atoms with Crippen molar-refractivity contribution >= 4 is 17.0 Å². The predicted octanol–water partition coefficient (Wildman–Crippen LogP) is 2.13. The normalized spacial score (nSPS) is 9.15. The first-order valence-corrected chi connectivity index (χ1v) is 3.75. The predicted molar refractivity (Wildman–Crippen MR) is 56.0 cm³/mol. The molecule has 0 amide bonds. The average molecular weight is 250 g/mol. The molecular formula is C9H13BrFNO. The molecule has 1 aromatic rings. The molecule has 0 spiro atoms. The van der Waals surface area contributed by atoms with Gasteiger partial charge in [-0.2, -0.15) is 0 Å². The highest BCUT2D eigenvalue weighted by atomic mass is 79.9. The van der Waals surface area contributed by atoms with Crippen molar-refractivity contribution in [2.24, 2.45) is 0 Å². The van der Waals surface area contributed by atoms with E-state index in [2.05, 4.69) is 5.32 Å². The Balaban J connectivity index is 0.00000144. The highest BCUT2D eigenvalue weighted by Gasteiger charge is 2.06. The van der Waals surface area contributed by atoms with Gasteiger partial charge in [-0.15, -0.1) is 17.0 Å². The van der Waals surface area contributed by atoms with E-state index in [-0.39, 0.29) is 22.8 Å². The zero-order chi connectivity index (χ0) is 8.97. The molecule has 74 valence electrons. The SMILES string of the molecule is Br.CNCc1cccc(F)c1OC. The van der Waals surface area contributed by atoms with E-state index >= 15 is 0 Å². The third kappa shape index (κ3) is 2.97. The summed E-state index contributed by atoms with van der Waals surface area (Å²) in [6, 6.07) is 4.89. The summed E-state index contributed by atoms with van der Waals surface area (Å²) in [5.74, 6) is 0.0112. The van der Waals surface area contributed by atoms with Gasteiger partial charge in [0.05, 0.1) is 7.11 Å². The van der Waals surface area contributed by atoms with Gasteiger partial charge in [-0.25, -0.2) is 4.39 Å². The standard InChI is InChI=1S/C9H12FNO.BrH/c1-11-6-7-4-3-5-8(10)9(7)12-2;/h3-5,11H,6H2,1-2H3;1H. The summed E-state index contributed by atoms with van der Waals surface area (Å²) in [7, 11) is 3.28. The third-order valence-electron chi connectivity index (χ3n) is 1.62. The molecule has 4 heteroatoms. The molecule has 0 bridgehead atoms. The molecule has 0 aliphatic heterocycles.